The van der Waals surface area contributed by atoms with E-state index in [9.17, 15) is 0 Å². The minimum atomic E-state index is 0.335. The fraction of sp³-hybridized carbons (Fsp3) is 0.412. The van der Waals surface area contributed by atoms with E-state index >= 15 is 0 Å². The largest absolute Gasteiger partial charge is 0.329 e. The minimum absolute atomic E-state index is 0.335. The minimum Gasteiger partial charge on any atom is -0.329 e. The first-order valence-corrected chi connectivity index (χ1v) is 8.25. The molecule has 2 aromatic rings. The fourth-order valence-corrected chi connectivity index (χ4v) is 3.49. The van der Waals surface area contributed by atoms with Gasteiger partial charge in [0, 0.05) is 25.2 Å². The SMILES string of the molecule is Cc1cccc(C(CN)N(Cc2ccsc2)C2CC2)c1. The van der Waals surface area contributed by atoms with Crippen molar-refractivity contribution in [1.29, 1.82) is 0 Å². The Kier molecular flexibility index (Phi) is 4.20. The summed E-state index contributed by atoms with van der Waals surface area (Å²) in [4.78, 5) is 2.59. The second-order valence-corrected chi connectivity index (χ2v) is 6.48. The van der Waals surface area contributed by atoms with Crippen LogP contribution in [0.5, 0.6) is 0 Å². The molecular weight excluding hydrogens is 264 g/mol. The number of benzene rings is 1. The Balaban J connectivity index is 1.84. The van der Waals surface area contributed by atoms with Crippen molar-refractivity contribution in [2.24, 2.45) is 5.73 Å². The molecule has 2 N–H and O–H groups in total. The van der Waals surface area contributed by atoms with Crippen molar-refractivity contribution in [3.63, 3.8) is 0 Å². The van der Waals surface area contributed by atoms with Crippen LogP contribution >= 0.6 is 11.3 Å². The average molecular weight is 286 g/mol. The Morgan fingerprint density at radius 3 is 2.80 bits per heavy atom. The molecule has 1 aromatic heterocycles. The van der Waals surface area contributed by atoms with Crippen LogP contribution in [0.4, 0.5) is 0 Å². The van der Waals surface area contributed by atoms with E-state index in [-0.39, 0.29) is 0 Å². The zero-order valence-corrected chi connectivity index (χ0v) is 12.8. The number of aryl methyl sites for hydroxylation is 1. The lowest BCUT2D eigenvalue weighted by Gasteiger charge is -2.31. The molecule has 0 saturated heterocycles. The standard InChI is InChI=1S/C17H22N2S/c1-13-3-2-4-15(9-13)17(10-18)19(16-5-6-16)11-14-7-8-20-12-14/h2-4,7-9,12,16-17H,5-6,10-11,18H2,1H3. The highest BCUT2D eigenvalue weighted by Crippen LogP contribution is 2.35. The molecule has 0 bridgehead atoms. The second kappa shape index (κ2) is 6.08. The molecule has 1 unspecified atom stereocenters. The Morgan fingerprint density at radius 2 is 2.20 bits per heavy atom. The van der Waals surface area contributed by atoms with Gasteiger partial charge in [0.05, 0.1) is 0 Å². The maximum atomic E-state index is 6.11. The van der Waals surface area contributed by atoms with Gasteiger partial charge in [-0.1, -0.05) is 29.8 Å². The normalized spacial score (nSPS) is 16.6. The third-order valence-corrected chi connectivity index (χ3v) is 4.74. The molecule has 2 nitrogen and oxygen atoms in total. The van der Waals surface area contributed by atoms with E-state index < -0.39 is 0 Å². The number of rotatable bonds is 6. The van der Waals surface area contributed by atoms with E-state index in [2.05, 4.69) is 52.9 Å². The van der Waals surface area contributed by atoms with Gasteiger partial charge in [0.15, 0.2) is 0 Å². The number of hydrogen-bond donors (Lipinski definition) is 1. The summed E-state index contributed by atoms with van der Waals surface area (Å²) in [5.41, 5.74) is 10.2. The van der Waals surface area contributed by atoms with Gasteiger partial charge in [-0.15, -0.1) is 0 Å². The Labute approximate surface area is 125 Å². The van der Waals surface area contributed by atoms with E-state index in [0.717, 1.165) is 6.54 Å². The van der Waals surface area contributed by atoms with Crippen molar-refractivity contribution < 1.29 is 0 Å². The van der Waals surface area contributed by atoms with Crippen molar-refractivity contribution in [3.05, 3.63) is 57.8 Å². The highest BCUT2D eigenvalue weighted by Gasteiger charge is 2.34. The van der Waals surface area contributed by atoms with Gasteiger partial charge < -0.3 is 5.73 Å². The predicted molar refractivity (Wildman–Crippen MR) is 85.9 cm³/mol. The zero-order valence-electron chi connectivity index (χ0n) is 12.0. The topological polar surface area (TPSA) is 29.3 Å². The van der Waals surface area contributed by atoms with E-state index in [1.807, 2.05) is 0 Å². The molecule has 1 aliphatic rings. The van der Waals surface area contributed by atoms with Crippen LogP contribution in [-0.2, 0) is 6.54 Å². The zero-order chi connectivity index (χ0) is 13.9. The van der Waals surface area contributed by atoms with E-state index in [0.29, 0.717) is 18.6 Å². The second-order valence-electron chi connectivity index (χ2n) is 5.70. The molecule has 3 rings (SSSR count). The molecule has 106 valence electrons. The van der Waals surface area contributed by atoms with Crippen LogP contribution in [0.1, 0.15) is 35.6 Å². The van der Waals surface area contributed by atoms with Gasteiger partial charge >= 0.3 is 0 Å². The van der Waals surface area contributed by atoms with E-state index in [1.54, 1.807) is 11.3 Å². The molecule has 0 aliphatic heterocycles. The number of nitrogens with zero attached hydrogens (tertiary/aromatic N) is 1. The lowest BCUT2D eigenvalue weighted by Crippen LogP contribution is -2.35. The van der Waals surface area contributed by atoms with Gasteiger partial charge in [0.1, 0.15) is 0 Å². The van der Waals surface area contributed by atoms with Crippen molar-refractivity contribution in [3.8, 4) is 0 Å². The number of thiophene rings is 1. The molecule has 1 atom stereocenters. The molecule has 1 aliphatic carbocycles. The smallest absolute Gasteiger partial charge is 0.0477 e. The summed E-state index contributed by atoms with van der Waals surface area (Å²) >= 11 is 1.77. The molecule has 20 heavy (non-hydrogen) atoms. The lowest BCUT2D eigenvalue weighted by atomic mass is 10.0. The van der Waals surface area contributed by atoms with Gasteiger partial charge in [-0.3, -0.25) is 4.90 Å². The predicted octanol–water partition coefficient (Wildman–Crippen LogP) is 3.72. The Bertz CT molecular complexity index is 546. The third kappa shape index (κ3) is 3.11. The highest BCUT2D eigenvalue weighted by atomic mass is 32.1. The molecule has 0 radical (unpaired) electrons. The highest BCUT2D eigenvalue weighted by molar-refractivity contribution is 7.07. The fourth-order valence-electron chi connectivity index (χ4n) is 2.83. The maximum Gasteiger partial charge on any atom is 0.0477 e. The van der Waals surface area contributed by atoms with Crippen molar-refractivity contribution in [1.82, 2.24) is 4.90 Å². The number of nitrogens with two attached hydrogens (primary N) is 1. The molecule has 1 aromatic carbocycles. The van der Waals surface area contributed by atoms with Crippen LogP contribution in [0.25, 0.3) is 0 Å². The van der Waals surface area contributed by atoms with Crippen molar-refractivity contribution in [2.45, 2.75) is 38.4 Å². The summed E-state index contributed by atoms with van der Waals surface area (Å²) in [5.74, 6) is 0. The monoisotopic (exact) mass is 286 g/mol. The third-order valence-electron chi connectivity index (χ3n) is 4.01. The van der Waals surface area contributed by atoms with E-state index in [1.165, 1.54) is 29.5 Å². The molecule has 1 saturated carbocycles. The lowest BCUT2D eigenvalue weighted by molar-refractivity contribution is 0.182. The first-order chi connectivity index (χ1) is 9.78. The van der Waals surface area contributed by atoms with Gasteiger partial charge in [-0.05, 0) is 47.7 Å². The molecule has 1 fully saturated rings. The summed E-state index contributed by atoms with van der Waals surface area (Å²) in [5, 5.41) is 4.41. The quantitative estimate of drug-likeness (QED) is 0.877. The first-order valence-electron chi connectivity index (χ1n) is 7.31. The number of hydrogen-bond acceptors (Lipinski definition) is 3. The summed E-state index contributed by atoms with van der Waals surface area (Å²) in [7, 11) is 0. The van der Waals surface area contributed by atoms with E-state index in [4.69, 9.17) is 5.73 Å². The molecule has 0 spiro atoms. The van der Waals surface area contributed by atoms with Crippen LogP contribution in [0.15, 0.2) is 41.1 Å². The van der Waals surface area contributed by atoms with Gasteiger partial charge in [-0.25, -0.2) is 0 Å². The van der Waals surface area contributed by atoms with Crippen LogP contribution in [0.3, 0.4) is 0 Å². The summed E-state index contributed by atoms with van der Waals surface area (Å²) in [6.07, 6.45) is 2.62. The summed E-state index contributed by atoms with van der Waals surface area (Å²) in [6.45, 7) is 3.85. The average Bonchev–Trinajstić information content (AvgIpc) is 3.16. The Morgan fingerprint density at radius 1 is 1.35 bits per heavy atom. The first kappa shape index (κ1) is 13.8. The van der Waals surface area contributed by atoms with Crippen LogP contribution in [-0.4, -0.2) is 17.5 Å². The van der Waals surface area contributed by atoms with Crippen LogP contribution in [0.2, 0.25) is 0 Å². The summed E-state index contributed by atoms with van der Waals surface area (Å²) in [6, 6.07) is 12.1. The molecular formula is C17H22N2S. The van der Waals surface area contributed by atoms with Gasteiger partial charge in [0.25, 0.3) is 0 Å². The van der Waals surface area contributed by atoms with Crippen molar-refractivity contribution >= 4 is 11.3 Å². The molecule has 1 heterocycles. The summed E-state index contributed by atoms with van der Waals surface area (Å²) < 4.78 is 0. The van der Waals surface area contributed by atoms with Crippen LogP contribution in [0, 0.1) is 6.92 Å². The van der Waals surface area contributed by atoms with Crippen LogP contribution < -0.4 is 5.73 Å². The maximum absolute atomic E-state index is 6.11. The van der Waals surface area contributed by atoms with Gasteiger partial charge in [0.2, 0.25) is 0 Å². The molecule has 3 heteroatoms. The van der Waals surface area contributed by atoms with Gasteiger partial charge in [-0.2, -0.15) is 11.3 Å². The van der Waals surface area contributed by atoms with Crippen molar-refractivity contribution in [2.75, 3.05) is 6.54 Å². The Hall–Kier alpha value is -1.16. The molecule has 0 amide bonds.